The van der Waals surface area contributed by atoms with Gasteiger partial charge < -0.3 is 5.32 Å². The van der Waals surface area contributed by atoms with Gasteiger partial charge in [-0.15, -0.1) is 0 Å². The summed E-state index contributed by atoms with van der Waals surface area (Å²) >= 11 is 0. The number of carbonyl (C=O) groups excluding carboxylic acids is 1. The van der Waals surface area contributed by atoms with Gasteiger partial charge in [0.15, 0.2) is 0 Å². The standard InChI is InChI=1S/C21H28N2O3S/c1-15(2)17-10-12-18(13-11-17)22-21(24)14-23(27(5,25)26)20-9-7-6-8-19(20)16(3)4/h6-13,15-16H,14H2,1-5H3,(H,22,24). The Morgan fingerprint density at radius 1 is 0.963 bits per heavy atom. The molecule has 0 radical (unpaired) electrons. The summed E-state index contributed by atoms with van der Waals surface area (Å²) in [6.45, 7) is 7.92. The van der Waals surface area contributed by atoms with E-state index in [9.17, 15) is 13.2 Å². The van der Waals surface area contributed by atoms with E-state index in [1.807, 2.05) is 50.2 Å². The molecule has 0 aliphatic rings. The fourth-order valence-corrected chi connectivity index (χ4v) is 3.74. The second-order valence-corrected chi connectivity index (χ2v) is 9.21. The van der Waals surface area contributed by atoms with E-state index in [2.05, 4.69) is 19.2 Å². The van der Waals surface area contributed by atoms with Gasteiger partial charge in [0, 0.05) is 5.69 Å². The second kappa shape index (κ2) is 8.57. The summed E-state index contributed by atoms with van der Waals surface area (Å²) in [5, 5.41) is 2.78. The van der Waals surface area contributed by atoms with Crippen molar-refractivity contribution in [2.75, 3.05) is 22.4 Å². The quantitative estimate of drug-likeness (QED) is 0.767. The minimum absolute atomic E-state index is 0.136. The number of anilines is 2. The topological polar surface area (TPSA) is 66.5 Å². The minimum atomic E-state index is -3.61. The van der Waals surface area contributed by atoms with Crippen molar-refractivity contribution in [2.45, 2.75) is 39.5 Å². The molecule has 0 heterocycles. The number of amides is 1. The molecule has 0 saturated carbocycles. The molecule has 2 aromatic carbocycles. The number of hydrogen-bond donors (Lipinski definition) is 1. The first kappa shape index (κ1) is 21.0. The first-order chi connectivity index (χ1) is 12.6. The minimum Gasteiger partial charge on any atom is -0.325 e. The second-order valence-electron chi connectivity index (χ2n) is 7.31. The third-order valence-corrected chi connectivity index (χ3v) is 5.50. The van der Waals surface area contributed by atoms with Crippen LogP contribution in [0.3, 0.4) is 0 Å². The molecule has 0 aliphatic heterocycles. The molecule has 1 N–H and O–H groups in total. The van der Waals surface area contributed by atoms with Gasteiger partial charge in [-0.1, -0.05) is 58.0 Å². The van der Waals surface area contributed by atoms with Crippen molar-refractivity contribution >= 4 is 27.3 Å². The molecule has 146 valence electrons. The van der Waals surface area contributed by atoms with Crippen LogP contribution in [0.25, 0.3) is 0 Å². The van der Waals surface area contributed by atoms with Crippen LogP contribution in [0, 0.1) is 0 Å². The fraction of sp³-hybridized carbons (Fsp3) is 0.381. The Bertz CT molecular complexity index is 888. The van der Waals surface area contributed by atoms with Gasteiger partial charge in [-0.2, -0.15) is 0 Å². The van der Waals surface area contributed by atoms with Gasteiger partial charge in [-0.3, -0.25) is 9.10 Å². The molecule has 2 rings (SSSR count). The van der Waals surface area contributed by atoms with Crippen LogP contribution in [0.2, 0.25) is 0 Å². The Morgan fingerprint density at radius 2 is 1.56 bits per heavy atom. The maximum atomic E-state index is 12.5. The zero-order valence-corrected chi connectivity index (χ0v) is 17.4. The lowest BCUT2D eigenvalue weighted by Gasteiger charge is -2.25. The molecule has 0 fully saturated rings. The third-order valence-electron chi connectivity index (χ3n) is 4.38. The zero-order valence-electron chi connectivity index (χ0n) is 16.6. The molecule has 2 aromatic rings. The monoisotopic (exact) mass is 388 g/mol. The van der Waals surface area contributed by atoms with Crippen LogP contribution in [0.5, 0.6) is 0 Å². The lowest BCUT2D eigenvalue weighted by Crippen LogP contribution is -2.38. The normalized spacial score (nSPS) is 11.7. The number of rotatable bonds is 7. The van der Waals surface area contributed by atoms with Gasteiger partial charge in [0.25, 0.3) is 0 Å². The molecule has 0 bridgehead atoms. The summed E-state index contributed by atoms with van der Waals surface area (Å²) in [5.74, 6) is 0.163. The Morgan fingerprint density at radius 3 is 2.07 bits per heavy atom. The maximum Gasteiger partial charge on any atom is 0.245 e. The van der Waals surface area contributed by atoms with Crippen molar-refractivity contribution in [1.29, 1.82) is 0 Å². The molecule has 27 heavy (non-hydrogen) atoms. The molecule has 0 saturated heterocycles. The molecule has 0 aliphatic carbocycles. The van der Waals surface area contributed by atoms with Crippen molar-refractivity contribution in [3.63, 3.8) is 0 Å². The first-order valence-electron chi connectivity index (χ1n) is 9.06. The molecular formula is C21H28N2O3S. The summed E-state index contributed by atoms with van der Waals surface area (Å²) in [7, 11) is -3.61. The highest BCUT2D eigenvalue weighted by molar-refractivity contribution is 7.92. The van der Waals surface area contributed by atoms with Gasteiger partial charge >= 0.3 is 0 Å². The molecule has 0 atom stereocenters. The molecule has 0 unspecified atom stereocenters. The predicted octanol–water partition coefficient (Wildman–Crippen LogP) is 4.34. The summed E-state index contributed by atoms with van der Waals surface area (Å²) in [4.78, 5) is 12.5. The predicted molar refractivity (Wildman–Crippen MR) is 112 cm³/mol. The fourth-order valence-electron chi connectivity index (χ4n) is 2.87. The Balaban J connectivity index is 2.23. The average Bonchev–Trinajstić information content (AvgIpc) is 2.59. The Kier molecular flexibility index (Phi) is 6.65. The number of hydrogen-bond acceptors (Lipinski definition) is 3. The van der Waals surface area contributed by atoms with E-state index in [4.69, 9.17) is 0 Å². The van der Waals surface area contributed by atoms with Gasteiger partial charge in [0.1, 0.15) is 6.54 Å². The van der Waals surface area contributed by atoms with Gasteiger partial charge in [0.2, 0.25) is 15.9 Å². The summed E-state index contributed by atoms with van der Waals surface area (Å²) in [5.41, 5.74) is 3.25. The average molecular weight is 389 g/mol. The number of benzene rings is 2. The lowest BCUT2D eigenvalue weighted by molar-refractivity contribution is -0.114. The van der Waals surface area contributed by atoms with E-state index < -0.39 is 10.0 Å². The van der Waals surface area contributed by atoms with Crippen molar-refractivity contribution < 1.29 is 13.2 Å². The molecule has 1 amide bonds. The molecule has 6 heteroatoms. The van der Waals surface area contributed by atoms with Gasteiger partial charge in [-0.05, 0) is 41.2 Å². The highest BCUT2D eigenvalue weighted by atomic mass is 32.2. The van der Waals surface area contributed by atoms with Crippen molar-refractivity contribution in [1.82, 2.24) is 0 Å². The van der Waals surface area contributed by atoms with Crippen molar-refractivity contribution in [3.8, 4) is 0 Å². The van der Waals surface area contributed by atoms with Crippen molar-refractivity contribution in [2.24, 2.45) is 0 Å². The SMILES string of the molecule is CC(C)c1ccc(NC(=O)CN(c2ccccc2C(C)C)S(C)(=O)=O)cc1. The number of para-hydroxylation sites is 1. The van der Waals surface area contributed by atoms with E-state index in [0.717, 1.165) is 11.8 Å². The highest BCUT2D eigenvalue weighted by Gasteiger charge is 2.24. The summed E-state index contributed by atoms with van der Waals surface area (Å²) in [6.07, 6.45) is 1.12. The number of carbonyl (C=O) groups is 1. The van der Waals surface area contributed by atoms with Gasteiger partial charge in [-0.25, -0.2) is 8.42 Å². The van der Waals surface area contributed by atoms with E-state index in [1.54, 1.807) is 12.1 Å². The first-order valence-corrected chi connectivity index (χ1v) is 10.9. The summed E-state index contributed by atoms with van der Waals surface area (Å²) in [6, 6.07) is 14.9. The molecule has 0 spiro atoms. The molecule has 0 aromatic heterocycles. The Hall–Kier alpha value is -2.34. The van der Waals surface area contributed by atoms with E-state index in [1.165, 1.54) is 9.87 Å². The number of nitrogens with one attached hydrogen (secondary N) is 1. The highest BCUT2D eigenvalue weighted by Crippen LogP contribution is 2.29. The van der Waals surface area contributed by atoms with Crippen LogP contribution in [0.1, 0.15) is 50.7 Å². The molecule has 5 nitrogen and oxygen atoms in total. The van der Waals surface area contributed by atoms with Crippen LogP contribution in [-0.2, 0) is 14.8 Å². The maximum absolute atomic E-state index is 12.5. The van der Waals surface area contributed by atoms with Crippen molar-refractivity contribution in [3.05, 3.63) is 59.7 Å². The zero-order chi connectivity index (χ0) is 20.2. The molecular weight excluding hydrogens is 360 g/mol. The van der Waals surface area contributed by atoms with Crippen LogP contribution < -0.4 is 9.62 Å². The largest absolute Gasteiger partial charge is 0.325 e. The third kappa shape index (κ3) is 5.57. The van der Waals surface area contributed by atoms with E-state index in [0.29, 0.717) is 17.3 Å². The smallest absolute Gasteiger partial charge is 0.245 e. The van der Waals surface area contributed by atoms with E-state index in [-0.39, 0.29) is 18.4 Å². The Labute approximate surface area is 162 Å². The summed E-state index contributed by atoms with van der Waals surface area (Å²) < 4.78 is 25.9. The van der Waals surface area contributed by atoms with Crippen LogP contribution in [-0.4, -0.2) is 27.1 Å². The van der Waals surface area contributed by atoms with Crippen LogP contribution in [0.4, 0.5) is 11.4 Å². The van der Waals surface area contributed by atoms with Crippen LogP contribution >= 0.6 is 0 Å². The van der Waals surface area contributed by atoms with E-state index >= 15 is 0 Å². The number of sulfonamides is 1. The number of nitrogens with zero attached hydrogens (tertiary/aromatic N) is 1. The van der Waals surface area contributed by atoms with Crippen LogP contribution in [0.15, 0.2) is 48.5 Å². The van der Waals surface area contributed by atoms with Gasteiger partial charge in [0.05, 0.1) is 11.9 Å². The lowest BCUT2D eigenvalue weighted by atomic mass is 10.0.